The SMILES string of the molecule is CC.CC=O.CCCC.O=C(C(c1ccccc1)N1CC(O)C1)N1Cc2cn(Sc3ccc(OC(F)F)cc3)nc2C1. The molecule has 1 aromatic heterocycles. The second-order valence-electron chi connectivity index (χ2n) is 9.30. The first kappa shape index (κ1) is 34.9. The van der Waals surface area contributed by atoms with Crippen molar-refractivity contribution in [3.63, 3.8) is 0 Å². The van der Waals surface area contributed by atoms with Crippen LogP contribution in [-0.2, 0) is 22.7 Å². The normalized spacial score (nSPS) is 14.6. The van der Waals surface area contributed by atoms with Gasteiger partial charge in [0.1, 0.15) is 18.1 Å². The number of aldehydes is 1. The molecule has 2 aromatic carbocycles. The van der Waals surface area contributed by atoms with E-state index >= 15 is 0 Å². The molecule has 0 saturated carbocycles. The number of benzene rings is 2. The second kappa shape index (κ2) is 18.3. The summed E-state index contributed by atoms with van der Waals surface area (Å²) in [6, 6.07) is 15.6. The number of rotatable bonds is 8. The van der Waals surface area contributed by atoms with Crippen molar-refractivity contribution in [3.8, 4) is 5.75 Å². The highest BCUT2D eigenvalue weighted by Crippen LogP contribution is 2.33. The summed E-state index contributed by atoms with van der Waals surface area (Å²) in [5, 5.41) is 14.3. The fourth-order valence-corrected chi connectivity index (χ4v) is 4.93. The number of nitrogens with zero attached hydrogens (tertiary/aromatic N) is 4. The largest absolute Gasteiger partial charge is 0.435 e. The first-order chi connectivity index (χ1) is 20.3. The number of likely N-dealkylation sites (tertiary alicyclic amines) is 1. The summed E-state index contributed by atoms with van der Waals surface area (Å²) in [6.07, 6.45) is 4.89. The fraction of sp³-hybridized carbons (Fsp3) is 0.452. The zero-order chi connectivity index (χ0) is 31.1. The lowest BCUT2D eigenvalue weighted by atomic mass is 9.99. The number of fused-ring (bicyclic) bond motifs is 1. The van der Waals surface area contributed by atoms with Crippen molar-refractivity contribution in [1.29, 1.82) is 0 Å². The minimum absolute atomic E-state index is 0.0000723. The van der Waals surface area contributed by atoms with Gasteiger partial charge in [-0.05, 0) is 36.8 Å². The number of hydrogen-bond donors (Lipinski definition) is 1. The Balaban J connectivity index is 0.000000612. The highest BCUT2D eigenvalue weighted by atomic mass is 32.2. The lowest BCUT2D eigenvalue weighted by molar-refractivity contribution is -0.143. The maximum absolute atomic E-state index is 13.4. The Morgan fingerprint density at radius 3 is 2.17 bits per heavy atom. The van der Waals surface area contributed by atoms with Gasteiger partial charge in [-0.15, -0.1) is 0 Å². The molecule has 1 atom stereocenters. The third-order valence-corrected chi connectivity index (χ3v) is 7.08. The average molecular weight is 605 g/mol. The molecular weight excluding hydrogens is 562 g/mol. The Kier molecular flexibility index (Phi) is 15.2. The van der Waals surface area contributed by atoms with Crippen molar-refractivity contribution in [2.45, 2.75) is 84.2 Å². The van der Waals surface area contributed by atoms with Crippen molar-refractivity contribution >= 4 is 24.1 Å². The lowest BCUT2D eigenvalue weighted by Gasteiger charge is -2.42. The molecule has 0 spiro atoms. The first-order valence-corrected chi connectivity index (χ1v) is 15.0. The quantitative estimate of drug-likeness (QED) is 0.300. The van der Waals surface area contributed by atoms with E-state index in [1.54, 1.807) is 21.1 Å². The number of aliphatic hydroxyl groups excluding tert-OH is 1. The fourth-order valence-electron chi connectivity index (χ4n) is 4.14. The van der Waals surface area contributed by atoms with Crippen molar-refractivity contribution in [1.82, 2.24) is 19.0 Å². The van der Waals surface area contributed by atoms with Gasteiger partial charge in [-0.1, -0.05) is 70.9 Å². The monoisotopic (exact) mass is 604 g/mol. The number of unbranched alkanes of at least 4 members (excludes halogenated alkanes) is 1. The third kappa shape index (κ3) is 10.2. The molecule has 3 aromatic rings. The zero-order valence-corrected chi connectivity index (χ0v) is 25.8. The number of amides is 1. The third-order valence-electron chi connectivity index (χ3n) is 6.22. The number of aromatic nitrogens is 2. The molecule has 1 saturated heterocycles. The minimum atomic E-state index is -2.85. The predicted octanol–water partition coefficient (Wildman–Crippen LogP) is 6.34. The van der Waals surface area contributed by atoms with E-state index in [4.69, 9.17) is 4.79 Å². The number of β-amino-alcohol motifs (C(OH)–C–C–N with tert-alkyl or cyclic N) is 1. The van der Waals surface area contributed by atoms with Crippen LogP contribution in [0.5, 0.6) is 5.75 Å². The van der Waals surface area contributed by atoms with E-state index in [2.05, 4.69) is 23.7 Å². The second-order valence-corrected chi connectivity index (χ2v) is 10.3. The Hall–Kier alpha value is -3.28. The summed E-state index contributed by atoms with van der Waals surface area (Å²) < 4.78 is 30.7. The molecule has 1 fully saturated rings. The molecule has 3 heterocycles. The van der Waals surface area contributed by atoms with Crippen LogP contribution in [0.2, 0.25) is 0 Å². The van der Waals surface area contributed by atoms with Crippen LogP contribution in [0.3, 0.4) is 0 Å². The average Bonchev–Trinajstić information content (AvgIpc) is 3.54. The number of ether oxygens (including phenoxy) is 1. The van der Waals surface area contributed by atoms with Crippen LogP contribution >= 0.6 is 11.9 Å². The Morgan fingerprint density at radius 1 is 1.07 bits per heavy atom. The topological polar surface area (TPSA) is 87.9 Å². The lowest BCUT2D eigenvalue weighted by Crippen LogP contribution is -2.55. The van der Waals surface area contributed by atoms with Gasteiger partial charge in [-0.2, -0.15) is 13.9 Å². The van der Waals surface area contributed by atoms with E-state index in [1.807, 2.05) is 55.3 Å². The Morgan fingerprint density at radius 2 is 1.67 bits per heavy atom. The molecule has 2 aliphatic heterocycles. The Bertz CT molecular complexity index is 1180. The molecular formula is C31H42F2N4O4S. The Labute approximate surface area is 251 Å². The van der Waals surface area contributed by atoms with Gasteiger partial charge in [0.05, 0.1) is 18.3 Å². The van der Waals surface area contributed by atoms with Crippen molar-refractivity contribution < 1.29 is 28.2 Å². The van der Waals surface area contributed by atoms with Gasteiger partial charge in [-0.25, -0.2) is 4.09 Å². The minimum Gasteiger partial charge on any atom is -0.435 e. The van der Waals surface area contributed by atoms with E-state index in [1.165, 1.54) is 43.8 Å². The molecule has 0 bridgehead atoms. The molecule has 5 rings (SSSR count). The van der Waals surface area contributed by atoms with Gasteiger partial charge < -0.3 is 19.5 Å². The van der Waals surface area contributed by atoms with Crippen LogP contribution in [0.4, 0.5) is 8.78 Å². The number of alkyl halides is 2. The van der Waals surface area contributed by atoms with Gasteiger partial charge in [0.25, 0.3) is 0 Å². The van der Waals surface area contributed by atoms with E-state index in [0.29, 0.717) is 26.2 Å². The molecule has 0 aliphatic carbocycles. The molecule has 11 heteroatoms. The summed E-state index contributed by atoms with van der Waals surface area (Å²) >= 11 is 1.35. The van der Waals surface area contributed by atoms with E-state index in [-0.39, 0.29) is 11.7 Å². The van der Waals surface area contributed by atoms with Crippen LogP contribution < -0.4 is 4.74 Å². The smallest absolute Gasteiger partial charge is 0.387 e. The van der Waals surface area contributed by atoms with Crippen LogP contribution in [0.15, 0.2) is 65.7 Å². The van der Waals surface area contributed by atoms with Crippen LogP contribution in [0.25, 0.3) is 0 Å². The van der Waals surface area contributed by atoms with Crippen LogP contribution in [0, 0.1) is 0 Å². The molecule has 1 N–H and O–H groups in total. The summed E-state index contributed by atoms with van der Waals surface area (Å²) in [5.41, 5.74) is 2.73. The summed E-state index contributed by atoms with van der Waals surface area (Å²) in [5.74, 6) is 0.106. The van der Waals surface area contributed by atoms with E-state index in [0.717, 1.165) is 28.0 Å². The maximum atomic E-state index is 13.4. The number of aliphatic hydroxyl groups is 1. The molecule has 1 amide bonds. The van der Waals surface area contributed by atoms with Crippen molar-refractivity contribution in [3.05, 3.63) is 77.6 Å². The summed E-state index contributed by atoms with van der Waals surface area (Å²) in [6.45, 7) is 8.80. The molecule has 0 radical (unpaired) electrons. The predicted molar refractivity (Wildman–Crippen MR) is 161 cm³/mol. The summed E-state index contributed by atoms with van der Waals surface area (Å²) in [7, 11) is 0. The zero-order valence-electron chi connectivity index (χ0n) is 25.0. The van der Waals surface area contributed by atoms with Gasteiger partial charge >= 0.3 is 6.61 Å². The molecule has 1 unspecified atom stereocenters. The van der Waals surface area contributed by atoms with Gasteiger partial charge in [0.2, 0.25) is 5.91 Å². The molecule has 42 heavy (non-hydrogen) atoms. The number of carbonyl (C=O) groups excluding carboxylic acids is 2. The van der Waals surface area contributed by atoms with Crippen molar-refractivity contribution in [2.24, 2.45) is 0 Å². The number of hydrogen-bond acceptors (Lipinski definition) is 7. The van der Waals surface area contributed by atoms with Gasteiger partial charge in [0.15, 0.2) is 0 Å². The molecule has 230 valence electrons. The highest BCUT2D eigenvalue weighted by Gasteiger charge is 2.40. The van der Waals surface area contributed by atoms with Crippen molar-refractivity contribution in [2.75, 3.05) is 13.1 Å². The maximum Gasteiger partial charge on any atom is 0.387 e. The van der Waals surface area contributed by atoms with Gasteiger partial charge in [-0.3, -0.25) is 9.69 Å². The molecule has 2 aliphatic rings. The molecule has 8 nitrogen and oxygen atoms in total. The van der Waals surface area contributed by atoms with Gasteiger partial charge in [0, 0.05) is 48.2 Å². The summed E-state index contributed by atoms with van der Waals surface area (Å²) in [4.78, 5) is 26.9. The highest BCUT2D eigenvalue weighted by molar-refractivity contribution is 7.97. The number of carbonyl (C=O) groups is 2. The standard InChI is InChI=1S/C23H22F2N4O3S.C4H10.C2H4O.C2H6/c24-23(25)32-18-6-8-19(9-7-18)33-29-11-16-10-28(14-20(16)26-29)22(31)21(27-12-17(30)13-27)15-4-2-1-3-5-15;1-3-4-2;1-2-3;1-2/h1-9,11,17,21,23,30H,10,12-14H2;3-4H2,1-2H3;2H,1H3;1-2H3. The van der Waals surface area contributed by atoms with Crippen LogP contribution in [0.1, 0.15) is 70.3 Å². The van der Waals surface area contributed by atoms with E-state index in [9.17, 15) is 18.7 Å². The van der Waals surface area contributed by atoms with E-state index < -0.39 is 18.8 Å². The van der Waals surface area contributed by atoms with Crippen LogP contribution in [-0.4, -0.2) is 62.1 Å². The number of halogens is 2. The first-order valence-electron chi connectivity index (χ1n) is 14.3.